The third-order valence-corrected chi connectivity index (χ3v) is 6.90. The summed E-state index contributed by atoms with van der Waals surface area (Å²) < 4.78 is 33.7. The minimum Gasteiger partial charge on any atom is -0.437 e. The maximum absolute atomic E-state index is 12.8. The third kappa shape index (κ3) is 4.63. The molecule has 1 saturated carbocycles. The molecule has 1 amide bonds. The summed E-state index contributed by atoms with van der Waals surface area (Å²) in [7, 11) is -2.07. The van der Waals surface area contributed by atoms with Crippen LogP contribution in [0.2, 0.25) is 0 Å². The standard InChI is InChI=1S/C23H27N3O5S/c1-14-5-7-16(8-6-14)20-19(22(28)24-2)18-13-17(15-9-10-15)21(25-23(18)31-20)26-32(29,30)12-4-3-11-27/h5-8,13,15,27H,3-4,9-12H2,1-2H3,(H,24,28)(H,25,26). The number of nitrogens with one attached hydrogen (secondary N) is 2. The molecule has 0 unspecified atom stereocenters. The summed E-state index contributed by atoms with van der Waals surface area (Å²) in [6.07, 6.45) is 2.64. The largest absolute Gasteiger partial charge is 0.437 e. The number of carbonyl (C=O) groups is 1. The summed E-state index contributed by atoms with van der Waals surface area (Å²) in [5.41, 5.74) is 3.18. The van der Waals surface area contributed by atoms with Crippen LogP contribution in [0.1, 0.15) is 53.1 Å². The van der Waals surface area contributed by atoms with Crippen molar-refractivity contribution in [2.75, 3.05) is 24.1 Å². The van der Waals surface area contributed by atoms with Crippen LogP contribution < -0.4 is 10.0 Å². The van der Waals surface area contributed by atoms with Crippen LogP contribution in [0.25, 0.3) is 22.4 Å². The van der Waals surface area contributed by atoms with E-state index in [1.54, 1.807) is 7.05 Å². The Labute approximate surface area is 187 Å². The number of unbranched alkanes of at least 4 members (excludes halogenated alkanes) is 1. The Kier molecular flexibility index (Phi) is 6.21. The zero-order valence-electron chi connectivity index (χ0n) is 18.1. The van der Waals surface area contributed by atoms with E-state index in [9.17, 15) is 13.2 Å². The quantitative estimate of drug-likeness (QED) is 0.423. The number of aromatic nitrogens is 1. The highest BCUT2D eigenvalue weighted by molar-refractivity contribution is 7.92. The fourth-order valence-corrected chi connectivity index (χ4v) is 4.83. The molecule has 0 spiro atoms. The van der Waals surface area contributed by atoms with Gasteiger partial charge in [0.2, 0.25) is 15.7 Å². The van der Waals surface area contributed by atoms with Crippen molar-refractivity contribution in [3.8, 4) is 11.3 Å². The number of furan rings is 1. The van der Waals surface area contributed by atoms with E-state index in [1.807, 2.05) is 37.3 Å². The van der Waals surface area contributed by atoms with Crippen LogP contribution in [0.15, 0.2) is 34.7 Å². The molecule has 0 aliphatic heterocycles. The molecule has 0 saturated heterocycles. The first-order chi connectivity index (χ1) is 15.3. The van der Waals surface area contributed by atoms with Gasteiger partial charge in [0.1, 0.15) is 11.6 Å². The summed E-state index contributed by atoms with van der Waals surface area (Å²) in [6.45, 7) is 1.92. The van der Waals surface area contributed by atoms with Crippen molar-refractivity contribution in [3.63, 3.8) is 0 Å². The molecule has 4 rings (SSSR count). The number of aliphatic hydroxyl groups is 1. The number of anilines is 1. The predicted molar refractivity (Wildman–Crippen MR) is 123 cm³/mol. The number of aliphatic hydroxyl groups excluding tert-OH is 1. The summed E-state index contributed by atoms with van der Waals surface area (Å²) >= 11 is 0. The van der Waals surface area contributed by atoms with Gasteiger partial charge in [-0.15, -0.1) is 0 Å². The van der Waals surface area contributed by atoms with Crippen molar-refractivity contribution < 1.29 is 22.7 Å². The van der Waals surface area contributed by atoms with E-state index in [4.69, 9.17) is 9.52 Å². The predicted octanol–water partition coefficient (Wildman–Crippen LogP) is 3.55. The molecule has 0 radical (unpaired) electrons. The molecule has 1 fully saturated rings. The first kappa shape index (κ1) is 22.3. The van der Waals surface area contributed by atoms with Crippen LogP contribution in [-0.2, 0) is 10.0 Å². The number of fused-ring (bicyclic) bond motifs is 1. The SMILES string of the molecule is CNC(=O)c1c(-c2ccc(C)cc2)oc2nc(NS(=O)(=O)CCCCO)c(C3CC3)cc12. The normalized spacial score (nSPS) is 14.0. The van der Waals surface area contributed by atoms with Crippen molar-refractivity contribution in [3.05, 3.63) is 47.0 Å². The van der Waals surface area contributed by atoms with Gasteiger partial charge in [-0.25, -0.2) is 8.42 Å². The molecular formula is C23H27N3O5S. The molecular weight excluding hydrogens is 430 g/mol. The number of nitrogens with zero attached hydrogens (tertiary/aromatic N) is 1. The molecule has 32 heavy (non-hydrogen) atoms. The van der Waals surface area contributed by atoms with E-state index in [2.05, 4.69) is 15.0 Å². The average molecular weight is 458 g/mol. The zero-order chi connectivity index (χ0) is 22.9. The number of hydrogen-bond donors (Lipinski definition) is 3. The maximum atomic E-state index is 12.8. The molecule has 1 aromatic carbocycles. The first-order valence-corrected chi connectivity index (χ1v) is 12.4. The lowest BCUT2D eigenvalue weighted by Gasteiger charge is -2.11. The lowest BCUT2D eigenvalue weighted by atomic mass is 10.0. The van der Waals surface area contributed by atoms with Crippen LogP contribution >= 0.6 is 0 Å². The lowest BCUT2D eigenvalue weighted by molar-refractivity contribution is 0.0964. The number of pyridine rings is 1. The van der Waals surface area contributed by atoms with E-state index in [-0.39, 0.29) is 35.7 Å². The fraction of sp³-hybridized carbons (Fsp3) is 0.391. The molecule has 0 atom stereocenters. The van der Waals surface area contributed by atoms with E-state index in [0.29, 0.717) is 29.6 Å². The van der Waals surface area contributed by atoms with Crippen molar-refractivity contribution in [1.29, 1.82) is 0 Å². The molecule has 0 bridgehead atoms. The first-order valence-electron chi connectivity index (χ1n) is 10.7. The minimum absolute atomic E-state index is 0.0521. The van der Waals surface area contributed by atoms with Gasteiger partial charge in [0.25, 0.3) is 5.91 Å². The van der Waals surface area contributed by atoms with Crippen LogP contribution in [-0.4, -0.2) is 43.8 Å². The Bertz CT molecular complexity index is 1240. The van der Waals surface area contributed by atoms with Gasteiger partial charge in [-0.2, -0.15) is 4.98 Å². The molecule has 3 N–H and O–H groups in total. The Morgan fingerprint density at radius 3 is 2.56 bits per heavy atom. The highest BCUT2D eigenvalue weighted by Crippen LogP contribution is 2.45. The number of sulfonamides is 1. The second-order valence-electron chi connectivity index (χ2n) is 8.16. The van der Waals surface area contributed by atoms with E-state index in [0.717, 1.165) is 29.5 Å². The summed E-state index contributed by atoms with van der Waals surface area (Å²) in [5.74, 6) is 0.443. The molecule has 170 valence electrons. The number of carbonyl (C=O) groups excluding carboxylic acids is 1. The smallest absolute Gasteiger partial charge is 0.255 e. The van der Waals surface area contributed by atoms with Crippen LogP contribution in [0.5, 0.6) is 0 Å². The number of benzene rings is 1. The Hall–Kier alpha value is -2.91. The van der Waals surface area contributed by atoms with Crippen LogP contribution in [0, 0.1) is 6.92 Å². The highest BCUT2D eigenvalue weighted by Gasteiger charge is 2.31. The van der Waals surface area contributed by atoms with Crippen molar-refractivity contribution in [2.24, 2.45) is 0 Å². The molecule has 8 nitrogen and oxygen atoms in total. The number of amides is 1. The monoisotopic (exact) mass is 457 g/mol. The van der Waals surface area contributed by atoms with Crippen molar-refractivity contribution in [2.45, 2.75) is 38.5 Å². The topological polar surface area (TPSA) is 122 Å². The molecule has 1 aliphatic rings. The van der Waals surface area contributed by atoms with E-state index < -0.39 is 10.0 Å². The molecule has 2 heterocycles. The second kappa shape index (κ2) is 8.91. The Balaban J connectivity index is 1.83. The zero-order valence-corrected chi connectivity index (χ0v) is 19.0. The second-order valence-corrected chi connectivity index (χ2v) is 10.00. The fourth-order valence-electron chi connectivity index (χ4n) is 3.69. The lowest BCUT2D eigenvalue weighted by Crippen LogP contribution is -2.19. The highest BCUT2D eigenvalue weighted by atomic mass is 32.2. The van der Waals surface area contributed by atoms with Gasteiger partial charge < -0.3 is 14.8 Å². The van der Waals surface area contributed by atoms with Crippen molar-refractivity contribution in [1.82, 2.24) is 10.3 Å². The Morgan fingerprint density at radius 2 is 1.94 bits per heavy atom. The van der Waals surface area contributed by atoms with Gasteiger partial charge in [-0.3, -0.25) is 9.52 Å². The molecule has 1 aliphatic carbocycles. The van der Waals surface area contributed by atoms with Gasteiger partial charge in [0, 0.05) is 19.2 Å². The van der Waals surface area contributed by atoms with E-state index in [1.165, 1.54) is 0 Å². The van der Waals surface area contributed by atoms with Gasteiger partial charge in [0.15, 0.2) is 0 Å². The number of rotatable bonds is 9. The summed E-state index contributed by atoms with van der Waals surface area (Å²) in [5, 5.41) is 12.2. The minimum atomic E-state index is -3.63. The van der Waals surface area contributed by atoms with E-state index >= 15 is 0 Å². The van der Waals surface area contributed by atoms with Gasteiger partial charge in [-0.1, -0.05) is 29.8 Å². The Morgan fingerprint density at radius 1 is 1.22 bits per heavy atom. The molecule has 9 heteroatoms. The van der Waals surface area contributed by atoms with Crippen LogP contribution in [0.3, 0.4) is 0 Å². The van der Waals surface area contributed by atoms with Gasteiger partial charge >= 0.3 is 0 Å². The summed E-state index contributed by atoms with van der Waals surface area (Å²) in [6, 6.07) is 9.46. The number of aryl methyl sites for hydroxylation is 1. The van der Waals surface area contributed by atoms with Crippen LogP contribution in [0.4, 0.5) is 5.82 Å². The third-order valence-electron chi connectivity index (χ3n) is 5.57. The molecule has 2 aromatic heterocycles. The molecule has 3 aromatic rings. The summed E-state index contributed by atoms with van der Waals surface area (Å²) in [4.78, 5) is 17.3. The van der Waals surface area contributed by atoms with Gasteiger partial charge in [-0.05, 0) is 50.2 Å². The number of hydrogen-bond acceptors (Lipinski definition) is 6. The van der Waals surface area contributed by atoms with Crippen molar-refractivity contribution >= 4 is 32.8 Å². The maximum Gasteiger partial charge on any atom is 0.255 e. The van der Waals surface area contributed by atoms with Gasteiger partial charge in [0.05, 0.1) is 16.7 Å². The average Bonchev–Trinajstić information content (AvgIpc) is 3.54.